The quantitative estimate of drug-likeness (QED) is 0.627. The molecule has 2 saturated heterocycles. The number of benzene rings is 2. The lowest BCUT2D eigenvalue weighted by Crippen LogP contribution is -2.33. The molecule has 2 atom stereocenters. The van der Waals surface area contributed by atoms with E-state index in [1.807, 2.05) is 30.3 Å². The lowest BCUT2D eigenvalue weighted by Gasteiger charge is -2.17. The molecule has 4 nitrogen and oxygen atoms in total. The molecule has 5 heteroatoms. The van der Waals surface area contributed by atoms with Gasteiger partial charge in [-0.25, -0.2) is 9.29 Å². The van der Waals surface area contributed by atoms with Gasteiger partial charge in [0.2, 0.25) is 5.91 Å². The molecule has 132 valence electrons. The molecular weight excluding hydrogens is 333 g/mol. The van der Waals surface area contributed by atoms with Gasteiger partial charge in [0.05, 0.1) is 17.7 Å². The molecule has 2 aliphatic rings. The Hall–Kier alpha value is -2.79. The van der Waals surface area contributed by atoms with Gasteiger partial charge < -0.3 is 4.74 Å². The number of carbonyl (C=O) groups is 2. The van der Waals surface area contributed by atoms with Crippen molar-refractivity contribution in [3.63, 3.8) is 0 Å². The summed E-state index contributed by atoms with van der Waals surface area (Å²) < 4.78 is 19.0. The third-order valence-corrected chi connectivity index (χ3v) is 4.81. The second-order valence-electron chi connectivity index (χ2n) is 6.49. The van der Waals surface area contributed by atoms with Crippen molar-refractivity contribution in [2.45, 2.75) is 18.9 Å². The predicted octanol–water partition coefficient (Wildman–Crippen LogP) is 3.58. The van der Waals surface area contributed by atoms with Gasteiger partial charge in [0.25, 0.3) is 5.91 Å². The zero-order valence-corrected chi connectivity index (χ0v) is 14.1. The Morgan fingerprint density at radius 2 is 1.77 bits per heavy atom. The van der Waals surface area contributed by atoms with Crippen LogP contribution in [0.15, 0.2) is 60.2 Å². The molecule has 26 heavy (non-hydrogen) atoms. The van der Waals surface area contributed by atoms with Crippen LogP contribution in [0.4, 0.5) is 10.1 Å². The van der Waals surface area contributed by atoms with Gasteiger partial charge in [-0.1, -0.05) is 30.3 Å². The molecule has 0 spiro atoms. The van der Waals surface area contributed by atoms with Gasteiger partial charge in [0, 0.05) is 12.2 Å². The van der Waals surface area contributed by atoms with Crippen LogP contribution in [0, 0.1) is 11.7 Å². The lowest BCUT2D eigenvalue weighted by molar-refractivity contribution is -0.124. The summed E-state index contributed by atoms with van der Waals surface area (Å²) in [5.74, 6) is -1.72. The van der Waals surface area contributed by atoms with E-state index in [-0.39, 0.29) is 17.9 Å². The molecular formula is C21H18FNO3. The molecule has 0 aromatic heterocycles. The number of hydrogen-bond acceptors (Lipinski definition) is 3. The Morgan fingerprint density at radius 1 is 1.04 bits per heavy atom. The Kier molecular flexibility index (Phi) is 4.39. The van der Waals surface area contributed by atoms with Crippen LogP contribution in [0.2, 0.25) is 0 Å². The number of hydrogen-bond donors (Lipinski definition) is 0. The molecule has 0 aliphatic carbocycles. The van der Waals surface area contributed by atoms with E-state index in [1.165, 1.54) is 24.3 Å². The van der Waals surface area contributed by atoms with Crippen molar-refractivity contribution in [3.8, 4) is 0 Å². The van der Waals surface area contributed by atoms with E-state index in [4.69, 9.17) is 4.74 Å². The van der Waals surface area contributed by atoms with E-state index in [0.29, 0.717) is 17.9 Å². The molecule has 2 aromatic rings. The van der Waals surface area contributed by atoms with Crippen LogP contribution in [0.1, 0.15) is 18.4 Å². The number of ether oxygens (including phenoxy) is 1. The largest absolute Gasteiger partial charge is 0.377 e. The summed E-state index contributed by atoms with van der Waals surface area (Å²) in [7, 11) is 0. The third kappa shape index (κ3) is 2.95. The van der Waals surface area contributed by atoms with Crippen molar-refractivity contribution in [1.82, 2.24) is 0 Å². The molecule has 0 N–H and O–H groups in total. The van der Waals surface area contributed by atoms with Crippen molar-refractivity contribution >= 4 is 23.6 Å². The summed E-state index contributed by atoms with van der Waals surface area (Å²) in [4.78, 5) is 27.3. The first-order chi connectivity index (χ1) is 12.6. The highest BCUT2D eigenvalue weighted by molar-refractivity contribution is 6.30. The minimum Gasteiger partial charge on any atom is -0.377 e. The van der Waals surface area contributed by atoms with Gasteiger partial charge in [-0.15, -0.1) is 0 Å². The van der Waals surface area contributed by atoms with Crippen LogP contribution in [-0.4, -0.2) is 24.5 Å². The van der Waals surface area contributed by atoms with Crippen LogP contribution in [0.25, 0.3) is 6.08 Å². The van der Waals surface area contributed by atoms with Gasteiger partial charge in [-0.3, -0.25) is 9.59 Å². The van der Waals surface area contributed by atoms with Crippen LogP contribution >= 0.6 is 0 Å². The van der Waals surface area contributed by atoms with Crippen LogP contribution in [0.3, 0.4) is 0 Å². The monoisotopic (exact) mass is 351 g/mol. The number of nitrogens with zero attached hydrogens (tertiary/aromatic N) is 1. The van der Waals surface area contributed by atoms with Crippen LogP contribution in [0.5, 0.6) is 0 Å². The standard InChI is InChI=1S/C21H18FNO3/c22-15-8-10-16(11-9-15)23-20(24)17(13-14-5-2-1-3-6-14)19(21(23)25)18-7-4-12-26-18/h1-3,5-6,8-11,13,18-19H,4,7,12H2/b17-13+. The van der Waals surface area contributed by atoms with Crippen LogP contribution in [-0.2, 0) is 14.3 Å². The SMILES string of the molecule is O=C1/C(=C/c2ccccc2)C(C2CCCO2)C(=O)N1c1ccc(F)cc1. The van der Waals surface area contributed by atoms with Crippen molar-refractivity contribution < 1.29 is 18.7 Å². The fraction of sp³-hybridized carbons (Fsp3) is 0.238. The highest BCUT2D eigenvalue weighted by atomic mass is 19.1. The third-order valence-electron chi connectivity index (χ3n) is 4.81. The maximum atomic E-state index is 13.2. The molecule has 0 saturated carbocycles. The van der Waals surface area contributed by atoms with Gasteiger partial charge in [0.15, 0.2) is 0 Å². The molecule has 2 amide bonds. The molecule has 2 heterocycles. The van der Waals surface area contributed by atoms with E-state index in [1.54, 1.807) is 6.08 Å². The summed E-state index contributed by atoms with van der Waals surface area (Å²) in [6, 6.07) is 14.8. The molecule has 2 fully saturated rings. The normalized spacial score (nSPS) is 24.7. The first-order valence-corrected chi connectivity index (χ1v) is 8.67. The average Bonchev–Trinajstić information content (AvgIpc) is 3.25. The first-order valence-electron chi connectivity index (χ1n) is 8.67. The number of amides is 2. The van der Waals surface area contributed by atoms with E-state index >= 15 is 0 Å². The number of anilines is 1. The fourth-order valence-corrected chi connectivity index (χ4v) is 3.57. The minimum absolute atomic E-state index is 0.299. The van der Waals surface area contributed by atoms with Crippen molar-refractivity contribution in [3.05, 3.63) is 71.6 Å². The summed E-state index contributed by atoms with van der Waals surface area (Å²) in [5, 5.41) is 0. The lowest BCUT2D eigenvalue weighted by atomic mass is 9.92. The average molecular weight is 351 g/mol. The van der Waals surface area contributed by atoms with E-state index in [2.05, 4.69) is 0 Å². The maximum Gasteiger partial charge on any atom is 0.261 e. The summed E-state index contributed by atoms with van der Waals surface area (Å²) >= 11 is 0. The molecule has 0 bridgehead atoms. The molecule has 2 aliphatic heterocycles. The summed E-state index contributed by atoms with van der Waals surface area (Å²) in [6.07, 6.45) is 3.08. The van der Waals surface area contributed by atoms with E-state index in [9.17, 15) is 14.0 Å². The van der Waals surface area contributed by atoms with Crippen molar-refractivity contribution in [1.29, 1.82) is 0 Å². The zero-order chi connectivity index (χ0) is 18.1. The van der Waals surface area contributed by atoms with Crippen molar-refractivity contribution in [2.75, 3.05) is 11.5 Å². The topological polar surface area (TPSA) is 46.6 Å². The minimum atomic E-state index is -0.629. The fourth-order valence-electron chi connectivity index (χ4n) is 3.57. The number of rotatable bonds is 3. The molecule has 4 rings (SSSR count). The van der Waals surface area contributed by atoms with Gasteiger partial charge in [0.1, 0.15) is 5.82 Å². The smallest absolute Gasteiger partial charge is 0.261 e. The number of carbonyl (C=O) groups excluding carboxylic acids is 2. The number of imide groups is 1. The number of halogens is 1. The second-order valence-corrected chi connectivity index (χ2v) is 6.49. The Balaban J connectivity index is 1.77. The highest BCUT2D eigenvalue weighted by Gasteiger charge is 2.48. The van der Waals surface area contributed by atoms with E-state index in [0.717, 1.165) is 23.3 Å². The Labute approximate surface area is 150 Å². The molecule has 2 unspecified atom stereocenters. The Morgan fingerprint density at radius 3 is 2.42 bits per heavy atom. The van der Waals surface area contributed by atoms with Crippen LogP contribution < -0.4 is 4.90 Å². The van der Waals surface area contributed by atoms with Gasteiger partial charge in [-0.2, -0.15) is 0 Å². The summed E-state index contributed by atoms with van der Waals surface area (Å²) in [6.45, 7) is 0.595. The maximum absolute atomic E-state index is 13.2. The zero-order valence-electron chi connectivity index (χ0n) is 14.1. The van der Waals surface area contributed by atoms with E-state index < -0.39 is 11.7 Å². The summed E-state index contributed by atoms with van der Waals surface area (Å²) in [5.41, 5.74) is 1.66. The predicted molar refractivity (Wildman–Crippen MR) is 95.8 cm³/mol. The molecule has 2 aromatic carbocycles. The Bertz CT molecular complexity index is 855. The first kappa shape index (κ1) is 16.7. The highest BCUT2D eigenvalue weighted by Crippen LogP contribution is 2.37. The van der Waals surface area contributed by atoms with Gasteiger partial charge in [-0.05, 0) is 48.7 Å². The van der Waals surface area contributed by atoms with Crippen molar-refractivity contribution in [2.24, 2.45) is 5.92 Å². The second kappa shape index (κ2) is 6.84. The van der Waals surface area contributed by atoms with Gasteiger partial charge >= 0.3 is 0 Å². The molecule has 0 radical (unpaired) electrons.